The maximum atomic E-state index is 13.1. The summed E-state index contributed by atoms with van der Waals surface area (Å²) in [6.07, 6.45) is -1.95. The van der Waals surface area contributed by atoms with Gasteiger partial charge in [0.1, 0.15) is 11.5 Å². The Morgan fingerprint density at radius 1 is 1.05 bits per heavy atom. The SMILES string of the molecule is O=C(Nc1ccc(-c2cc(C3CCC3)n(C(=O)NCc3ccccc3Cl)n2)c(O)c1)c1ccc(OC(F)(F)F)cc1. The molecule has 212 valence electrons. The number of aromatic hydroxyl groups is 1. The van der Waals surface area contributed by atoms with Crippen molar-refractivity contribution in [2.75, 3.05) is 5.32 Å². The first-order valence-corrected chi connectivity index (χ1v) is 13.1. The summed E-state index contributed by atoms with van der Waals surface area (Å²) >= 11 is 6.20. The van der Waals surface area contributed by atoms with Gasteiger partial charge in [0, 0.05) is 40.4 Å². The lowest BCUT2D eigenvalue weighted by atomic mass is 9.82. The van der Waals surface area contributed by atoms with Gasteiger partial charge >= 0.3 is 12.4 Å². The highest BCUT2D eigenvalue weighted by Gasteiger charge is 2.31. The minimum absolute atomic E-state index is 0.0924. The fourth-order valence-electron chi connectivity index (χ4n) is 4.41. The van der Waals surface area contributed by atoms with Crippen LogP contribution < -0.4 is 15.4 Å². The molecule has 1 aromatic heterocycles. The number of hydrogen-bond acceptors (Lipinski definition) is 5. The van der Waals surface area contributed by atoms with Crippen LogP contribution >= 0.6 is 11.6 Å². The molecule has 1 aliphatic carbocycles. The lowest BCUT2D eigenvalue weighted by molar-refractivity contribution is -0.274. The zero-order valence-corrected chi connectivity index (χ0v) is 22.2. The predicted molar refractivity (Wildman–Crippen MR) is 146 cm³/mol. The summed E-state index contributed by atoms with van der Waals surface area (Å²) in [5, 5.41) is 21.2. The standard InChI is InChI=1S/C29H24ClF3N4O4/c30-23-7-2-1-4-19(23)16-34-28(40)37-25(17-5-3-6-17)15-24(36-37)22-13-10-20(14-26(22)38)35-27(39)18-8-11-21(12-9-18)41-29(31,32)33/h1-2,4,7-15,17,38H,3,5-6,16H2,(H,34,40)(H,35,39). The summed E-state index contributed by atoms with van der Waals surface area (Å²) in [7, 11) is 0. The topological polar surface area (TPSA) is 105 Å². The summed E-state index contributed by atoms with van der Waals surface area (Å²) in [6, 6.07) is 17.4. The van der Waals surface area contributed by atoms with E-state index in [0.717, 1.165) is 42.7 Å². The third kappa shape index (κ3) is 6.63. The molecule has 1 fully saturated rings. The lowest BCUT2D eigenvalue weighted by Crippen LogP contribution is -2.31. The van der Waals surface area contributed by atoms with Crippen molar-refractivity contribution in [2.24, 2.45) is 0 Å². The van der Waals surface area contributed by atoms with E-state index in [1.165, 1.54) is 22.9 Å². The molecule has 0 spiro atoms. The van der Waals surface area contributed by atoms with Gasteiger partial charge in [-0.3, -0.25) is 4.79 Å². The zero-order valence-electron chi connectivity index (χ0n) is 21.4. The maximum Gasteiger partial charge on any atom is 0.573 e. The van der Waals surface area contributed by atoms with Gasteiger partial charge in [0.25, 0.3) is 5.91 Å². The first-order valence-electron chi connectivity index (χ1n) is 12.7. The van der Waals surface area contributed by atoms with Crippen LogP contribution in [0.4, 0.5) is 23.7 Å². The molecule has 1 saturated carbocycles. The van der Waals surface area contributed by atoms with Gasteiger partial charge in [0.2, 0.25) is 0 Å². The molecular formula is C29H24ClF3N4O4. The number of nitrogens with one attached hydrogen (secondary N) is 2. The van der Waals surface area contributed by atoms with Crippen LogP contribution in [0.15, 0.2) is 72.8 Å². The lowest BCUT2D eigenvalue weighted by Gasteiger charge is -2.25. The summed E-state index contributed by atoms with van der Waals surface area (Å²) in [5.74, 6) is -1.06. The number of anilines is 1. The molecule has 8 nitrogen and oxygen atoms in total. The summed E-state index contributed by atoms with van der Waals surface area (Å²) in [5.41, 5.74) is 2.58. The highest BCUT2D eigenvalue weighted by molar-refractivity contribution is 6.31. The van der Waals surface area contributed by atoms with Gasteiger partial charge in [0.05, 0.1) is 11.4 Å². The van der Waals surface area contributed by atoms with Gasteiger partial charge in [-0.2, -0.15) is 9.78 Å². The molecule has 0 atom stereocenters. The Morgan fingerprint density at radius 3 is 2.41 bits per heavy atom. The number of carbonyl (C=O) groups excluding carboxylic acids is 2. The van der Waals surface area contributed by atoms with Gasteiger partial charge in [0.15, 0.2) is 0 Å². The predicted octanol–water partition coefficient (Wildman–Crippen LogP) is 7.09. The monoisotopic (exact) mass is 584 g/mol. The van der Waals surface area contributed by atoms with Crippen LogP contribution in [-0.2, 0) is 6.54 Å². The Kier molecular flexibility index (Phi) is 7.89. The maximum absolute atomic E-state index is 13.1. The second-order valence-electron chi connectivity index (χ2n) is 9.50. The number of phenolic OH excluding ortho intramolecular Hbond substituents is 1. The van der Waals surface area contributed by atoms with Crippen LogP contribution in [0.3, 0.4) is 0 Å². The van der Waals surface area contributed by atoms with Gasteiger partial charge in [-0.15, -0.1) is 13.2 Å². The van der Waals surface area contributed by atoms with Crippen LogP contribution in [0.2, 0.25) is 5.02 Å². The van der Waals surface area contributed by atoms with Crippen molar-refractivity contribution in [3.63, 3.8) is 0 Å². The van der Waals surface area contributed by atoms with Crippen LogP contribution in [0.25, 0.3) is 11.3 Å². The molecule has 0 aliphatic heterocycles. The number of rotatable bonds is 7. The van der Waals surface area contributed by atoms with Crippen LogP contribution in [-0.4, -0.2) is 33.2 Å². The number of alkyl halides is 3. The van der Waals surface area contributed by atoms with Crippen molar-refractivity contribution < 1.29 is 32.6 Å². The number of amides is 2. The van der Waals surface area contributed by atoms with Gasteiger partial charge in [-0.05, 0) is 66.9 Å². The number of hydrogen-bond donors (Lipinski definition) is 3. The Balaban J connectivity index is 1.31. The molecule has 41 heavy (non-hydrogen) atoms. The van der Waals surface area contributed by atoms with Crippen LogP contribution in [0.1, 0.15) is 46.8 Å². The number of aromatic nitrogens is 2. The first-order chi connectivity index (χ1) is 19.6. The molecule has 2 amide bonds. The van der Waals surface area contributed by atoms with Crippen molar-refractivity contribution >= 4 is 29.2 Å². The third-order valence-electron chi connectivity index (χ3n) is 6.72. The Labute approximate surface area is 237 Å². The van der Waals surface area contributed by atoms with Crippen LogP contribution in [0.5, 0.6) is 11.5 Å². The number of halogens is 4. The number of phenols is 1. The van der Waals surface area contributed by atoms with E-state index in [1.807, 2.05) is 12.1 Å². The average Bonchev–Trinajstić information content (AvgIpc) is 3.31. The fourth-order valence-corrected chi connectivity index (χ4v) is 4.61. The molecule has 0 saturated heterocycles. The molecule has 0 bridgehead atoms. The number of ether oxygens (including phenoxy) is 1. The average molecular weight is 585 g/mol. The zero-order chi connectivity index (χ0) is 29.1. The highest BCUT2D eigenvalue weighted by atomic mass is 35.5. The van der Waals surface area contributed by atoms with E-state index in [2.05, 4.69) is 20.5 Å². The Hall–Kier alpha value is -4.51. The fraction of sp³-hybridized carbons (Fsp3) is 0.207. The smallest absolute Gasteiger partial charge is 0.507 e. The molecule has 0 unspecified atom stereocenters. The quantitative estimate of drug-likeness (QED) is 0.215. The van der Waals surface area contributed by atoms with Gasteiger partial charge in [-0.25, -0.2) is 4.79 Å². The highest BCUT2D eigenvalue weighted by Crippen LogP contribution is 2.39. The largest absolute Gasteiger partial charge is 0.573 e. The van der Waals surface area contributed by atoms with E-state index in [1.54, 1.807) is 30.3 Å². The minimum Gasteiger partial charge on any atom is -0.507 e. The second kappa shape index (κ2) is 11.5. The van der Waals surface area contributed by atoms with E-state index in [0.29, 0.717) is 16.3 Å². The van der Waals surface area contributed by atoms with E-state index >= 15 is 0 Å². The molecular weight excluding hydrogens is 561 g/mol. The van der Waals surface area contributed by atoms with Crippen molar-refractivity contribution in [3.8, 4) is 22.8 Å². The normalized spacial score (nSPS) is 13.4. The summed E-state index contributed by atoms with van der Waals surface area (Å²) in [4.78, 5) is 25.7. The molecule has 1 heterocycles. The third-order valence-corrected chi connectivity index (χ3v) is 7.09. The van der Waals surface area contributed by atoms with E-state index in [9.17, 15) is 27.9 Å². The van der Waals surface area contributed by atoms with E-state index < -0.39 is 24.1 Å². The second-order valence-corrected chi connectivity index (χ2v) is 9.91. The minimum atomic E-state index is -4.84. The van der Waals surface area contributed by atoms with Gasteiger partial charge < -0.3 is 20.5 Å². The molecule has 3 N–H and O–H groups in total. The Bertz CT molecular complexity index is 1580. The van der Waals surface area contributed by atoms with E-state index in [4.69, 9.17) is 11.6 Å². The molecule has 3 aromatic carbocycles. The van der Waals surface area contributed by atoms with Crippen molar-refractivity contribution in [1.29, 1.82) is 0 Å². The van der Waals surface area contributed by atoms with Crippen LogP contribution in [0, 0.1) is 0 Å². The number of benzene rings is 3. The molecule has 12 heteroatoms. The molecule has 5 rings (SSSR count). The van der Waals surface area contributed by atoms with Crippen molar-refractivity contribution in [3.05, 3.63) is 94.6 Å². The molecule has 1 aliphatic rings. The van der Waals surface area contributed by atoms with Crippen molar-refractivity contribution in [1.82, 2.24) is 15.1 Å². The summed E-state index contributed by atoms with van der Waals surface area (Å²) in [6.45, 7) is 0.218. The van der Waals surface area contributed by atoms with Gasteiger partial charge in [-0.1, -0.05) is 36.2 Å². The first kappa shape index (κ1) is 28.0. The van der Waals surface area contributed by atoms with Crippen molar-refractivity contribution in [2.45, 2.75) is 38.1 Å². The summed E-state index contributed by atoms with van der Waals surface area (Å²) < 4.78 is 42.2. The molecule has 0 radical (unpaired) electrons. The number of nitrogens with zero attached hydrogens (tertiary/aromatic N) is 2. The van der Waals surface area contributed by atoms with E-state index in [-0.39, 0.29) is 29.5 Å². The molecule has 4 aromatic rings. The number of carbonyl (C=O) groups is 2. The Morgan fingerprint density at radius 2 is 1.78 bits per heavy atom.